The van der Waals surface area contributed by atoms with E-state index in [1.807, 2.05) is 49.5 Å². The zero-order chi connectivity index (χ0) is 22.9. The second kappa shape index (κ2) is 8.35. The van der Waals surface area contributed by atoms with E-state index in [0.717, 1.165) is 40.2 Å². The first-order valence-electron chi connectivity index (χ1n) is 10.8. The molecule has 0 radical (unpaired) electrons. The van der Waals surface area contributed by atoms with Crippen LogP contribution in [0.5, 0.6) is 0 Å². The summed E-state index contributed by atoms with van der Waals surface area (Å²) in [4.78, 5) is 43.0. The average Bonchev–Trinajstić information content (AvgIpc) is 3.28. The maximum absolute atomic E-state index is 12.5. The molecule has 0 fully saturated rings. The second-order valence-electron chi connectivity index (χ2n) is 8.06. The van der Waals surface area contributed by atoms with Crippen molar-refractivity contribution < 1.29 is 14.4 Å². The molecule has 7 nitrogen and oxygen atoms in total. The van der Waals surface area contributed by atoms with Crippen LogP contribution < -0.4 is 5.32 Å². The Bertz CT molecular complexity index is 1350. The van der Waals surface area contributed by atoms with E-state index in [2.05, 4.69) is 16.0 Å². The minimum atomic E-state index is -0.442. The van der Waals surface area contributed by atoms with Crippen molar-refractivity contribution in [2.24, 2.45) is 7.05 Å². The molecule has 3 amide bonds. The Labute approximate surface area is 190 Å². The van der Waals surface area contributed by atoms with Crippen molar-refractivity contribution in [1.29, 1.82) is 0 Å². The Morgan fingerprint density at radius 2 is 1.48 bits per heavy atom. The summed E-state index contributed by atoms with van der Waals surface area (Å²) in [6, 6.07) is 22.2. The molecule has 0 saturated carbocycles. The summed E-state index contributed by atoms with van der Waals surface area (Å²) >= 11 is 0. The highest BCUT2D eigenvalue weighted by molar-refractivity contribution is 6.22. The molecule has 1 N–H and O–H groups in total. The Hall–Kier alpha value is -4.26. The molecule has 5 rings (SSSR count). The molecule has 2 heterocycles. The summed E-state index contributed by atoms with van der Waals surface area (Å²) in [7, 11) is 2.03. The summed E-state index contributed by atoms with van der Waals surface area (Å²) in [5.74, 6) is -0.280. The molecule has 0 unspecified atom stereocenters. The van der Waals surface area contributed by atoms with Crippen LogP contribution in [0.1, 0.15) is 32.1 Å². The van der Waals surface area contributed by atoms with Crippen molar-refractivity contribution >= 4 is 34.4 Å². The van der Waals surface area contributed by atoms with Gasteiger partial charge in [-0.1, -0.05) is 36.4 Å². The molecule has 0 spiro atoms. The van der Waals surface area contributed by atoms with Gasteiger partial charge in [-0.25, -0.2) is 4.98 Å². The molecule has 1 aliphatic rings. The number of para-hydroxylation sites is 2. The highest BCUT2D eigenvalue weighted by Gasteiger charge is 2.36. The Morgan fingerprint density at radius 3 is 2.15 bits per heavy atom. The van der Waals surface area contributed by atoms with Gasteiger partial charge < -0.3 is 9.88 Å². The van der Waals surface area contributed by atoms with Crippen molar-refractivity contribution in [3.05, 3.63) is 95.3 Å². The molecule has 1 aliphatic heterocycles. The lowest BCUT2D eigenvalue weighted by Crippen LogP contribution is -2.37. The highest BCUT2D eigenvalue weighted by atomic mass is 16.2. The van der Waals surface area contributed by atoms with E-state index in [1.54, 1.807) is 24.3 Å². The molecule has 3 aromatic carbocycles. The summed E-state index contributed by atoms with van der Waals surface area (Å²) in [5, 5.41) is 2.76. The molecule has 33 heavy (non-hydrogen) atoms. The number of imidazole rings is 1. The van der Waals surface area contributed by atoms with Gasteiger partial charge in [0.05, 0.1) is 22.2 Å². The average molecular weight is 438 g/mol. The number of benzene rings is 3. The third kappa shape index (κ3) is 3.89. The zero-order valence-electron chi connectivity index (χ0n) is 18.1. The molecule has 0 aliphatic carbocycles. The van der Waals surface area contributed by atoms with Gasteiger partial charge in [0.1, 0.15) is 12.4 Å². The molecular weight excluding hydrogens is 416 g/mol. The largest absolute Gasteiger partial charge is 0.331 e. The van der Waals surface area contributed by atoms with Gasteiger partial charge in [0.25, 0.3) is 11.8 Å². The number of imide groups is 1. The van der Waals surface area contributed by atoms with Crippen molar-refractivity contribution in [3.8, 4) is 0 Å². The summed E-state index contributed by atoms with van der Waals surface area (Å²) in [5.41, 5.74) is 4.51. The monoisotopic (exact) mass is 438 g/mol. The predicted octanol–water partition coefficient (Wildman–Crippen LogP) is 3.59. The zero-order valence-corrected chi connectivity index (χ0v) is 18.1. The van der Waals surface area contributed by atoms with Crippen LogP contribution >= 0.6 is 0 Å². The highest BCUT2D eigenvalue weighted by Crippen LogP contribution is 2.22. The molecule has 1 aromatic heterocycles. The number of rotatable bonds is 6. The van der Waals surface area contributed by atoms with Gasteiger partial charge in [0.15, 0.2) is 0 Å². The minimum Gasteiger partial charge on any atom is -0.331 e. The molecular formula is C26H22N4O3. The quantitative estimate of drug-likeness (QED) is 0.466. The number of hydrogen-bond acceptors (Lipinski definition) is 4. The minimum absolute atomic E-state index is 0.319. The van der Waals surface area contributed by atoms with E-state index >= 15 is 0 Å². The van der Waals surface area contributed by atoms with Crippen molar-refractivity contribution in [3.63, 3.8) is 0 Å². The maximum atomic E-state index is 12.5. The van der Waals surface area contributed by atoms with E-state index in [4.69, 9.17) is 4.98 Å². The van der Waals surface area contributed by atoms with Crippen LogP contribution in [0.15, 0.2) is 72.8 Å². The number of aromatic nitrogens is 2. The van der Waals surface area contributed by atoms with Crippen LogP contribution in [0.25, 0.3) is 11.0 Å². The lowest BCUT2D eigenvalue weighted by atomic mass is 10.1. The van der Waals surface area contributed by atoms with Gasteiger partial charge in [-0.05, 0) is 48.4 Å². The van der Waals surface area contributed by atoms with E-state index < -0.39 is 17.7 Å². The number of hydrogen-bond donors (Lipinski definition) is 1. The molecule has 0 atom stereocenters. The number of carbonyl (C=O) groups excluding carboxylic acids is 3. The Morgan fingerprint density at radius 1 is 0.848 bits per heavy atom. The summed E-state index contributed by atoms with van der Waals surface area (Å²) < 4.78 is 2.11. The number of nitrogens with one attached hydrogen (secondary N) is 1. The number of fused-ring (bicyclic) bond motifs is 2. The van der Waals surface area contributed by atoms with Gasteiger partial charge in [-0.3, -0.25) is 19.3 Å². The fourth-order valence-electron chi connectivity index (χ4n) is 4.16. The first-order valence-corrected chi connectivity index (χ1v) is 10.8. The van der Waals surface area contributed by atoms with Crippen molar-refractivity contribution in [2.45, 2.75) is 12.8 Å². The molecule has 164 valence electrons. The van der Waals surface area contributed by atoms with Gasteiger partial charge in [-0.2, -0.15) is 0 Å². The van der Waals surface area contributed by atoms with Gasteiger partial charge in [0, 0.05) is 19.2 Å². The van der Waals surface area contributed by atoms with Gasteiger partial charge in [-0.15, -0.1) is 0 Å². The lowest BCUT2D eigenvalue weighted by molar-refractivity contribution is -0.116. The fourth-order valence-corrected chi connectivity index (χ4v) is 4.16. The first-order chi connectivity index (χ1) is 16.0. The third-order valence-electron chi connectivity index (χ3n) is 5.93. The van der Waals surface area contributed by atoms with E-state index in [9.17, 15) is 14.4 Å². The van der Waals surface area contributed by atoms with E-state index in [-0.39, 0.29) is 6.54 Å². The number of anilines is 1. The second-order valence-corrected chi connectivity index (χ2v) is 8.06. The molecule has 0 bridgehead atoms. The normalized spacial score (nSPS) is 12.9. The van der Waals surface area contributed by atoms with Crippen LogP contribution in [-0.4, -0.2) is 38.7 Å². The molecule has 4 aromatic rings. The van der Waals surface area contributed by atoms with E-state index in [1.165, 1.54) is 0 Å². The Kier molecular flexibility index (Phi) is 5.22. The smallest absolute Gasteiger partial charge is 0.262 e. The van der Waals surface area contributed by atoms with Crippen molar-refractivity contribution in [1.82, 2.24) is 14.5 Å². The summed E-state index contributed by atoms with van der Waals surface area (Å²) in [6.07, 6.45) is 1.62. The Balaban J connectivity index is 1.19. The van der Waals surface area contributed by atoms with Gasteiger partial charge >= 0.3 is 0 Å². The first kappa shape index (κ1) is 20.6. The van der Waals surface area contributed by atoms with Crippen LogP contribution in [0.2, 0.25) is 0 Å². The van der Waals surface area contributed by atoms with Crippen LogP contribution in [0.4, 0.5) is 5.69 Å². The van der Waals surface area contributed by atoms with Crippen LogP contribution in [0.3, 0.4) is 0 Å². The van der Waals surface area contributed by atoms with Crippen molar-refractivity contribution in [2.75, 3.05) is 11.9 Å². The molecule has 0 saturated heterocycles. The fraction of sp³-hybridized carbons (Fsp3) is 0.154. The van der Waals surface area contributed by atoms with Crippen LogP contribution in [-0.2, 0) is 24.7 Å². The van der Waals surface area contributed by atoms with Crippen LogP contribution in [0, 0.1) is 0 Å². The third-order valence-corrected chi connectivity index (χ3v) is 5.93. The maximum Gasteiger partial charge on any atom is 0.262 e. The predicted molar refractivity (Wildman–Crippen MR) is 125 cm³/mol. The standard InChI is InChI=1S/C26H22N4O3/c1-29-22-9-5-4-8-21(22)28-23(29)15-12-17-10-13-18(14-11-17)27-24(31)16-30-25(32)19-6-2-3-7-20(19)26(30)33/h2-11,13-14H,12,15-16H2,1H3,(H,27,31). The number of nitrogens with zero attached hydrogens (tertiary/aromatic N) is 3. The van der Waals surface area contributed by atoms with E-state index in [0.29, 0.717) is 16.8 Å². The number of carbonyl (C=O) groups is 3. The SMILES string of the molecule is Cn1c(CCc2ccc(NC(=O)CN3C(=O)c4ccccc4C3=O)cc2)nc2ccccc21. The lowest BCUT2D eigenvalue weighted by Gasteiger charge is -2.14. The summed E-state index contributed by atoms with van der Waals surface area (Å²) in [6.45, 7) is -0.319. The topological polar surface area (TPSA) is 84.3 Å². The molecule has 7 heteroatoms. The van der Waals surface area contributed by atoms with Gasteiger partial charge in [0.2, 0.25) is 5.91 Å². The number of aryl methyl sites for hydroxylation is 3. The number of amides is 3.